The lowest BCUT2D eigenvalue weighted by molar-refractivity contribution is 0.0113. The van der Waals surface area contributed by atoms with E-state index >= 15 is 0 Å². The van der Waals surface area contributed by atoms with Crippen LogP contribution in [0.15, 0.2) is 18.2 Å². The van der Waals surface area contributed by atoms with E-state index in [1.807, 2.05) is 12.1 Å². The molecule has 0 aliphatic heterocycles. The van der Waals surface area contributed by atoms with Gasteiger partial charge in [-0.15, -0.1) is 0 Å². The van der Waals surface area contributed by atoms with Crippen LogP contribution in [0.25, 0.3) is 0 Å². The van der Waals surface area contributed by atoms with Crippen molar-refractivity contribution in [2.24, 2.45) is 11.1 Å². The van der Waals surface area contributed by atoms with Gasteiger partial charge in [-0.3, -0.25) is 0 Å². The summed E-state index contributed by atoms with van der Waals surface area (Å²) in [6.45, 7) is 0.691. The number of nitrogens with two attached hydrogens (primary N) is 1. The van der Waals surface area contributed by atoms with Crippen LogP contribution in [-0.4, -0.2) is 6.54 Å². The van der Waals surface area contributed by atoms with Crippen LogP contribution >= 0.6 is 23.2 Å². The molecule has 0 radical (unpaired) electrons. The maximum absolute atomic E-state index is 6.42. The first kappa shape index (κ1) is 14.7. The number of halogens is 2. The Morgan fingerprint density at radius 3 is 2.20 bits per heavy atom. The second-order valence-electron chi connectivity index (χ2n) is 6.88. The number of hydrogen-bond donors (Lipinski definition) is 1. The van der Waals surface area contributed by atoms with E-state index in [-0.39, 0.29) is 5.41 Å². The van der Waals surface area contributed by atoms with Gasteiger partial charge >= 0.3 is 0 Å². The minimum absolute atomic E-state index is 0.0893. The van der Waals surface area contributed by atoms with Crippen molar-refractivity contribution in [2.45, 2.75) is 56.8 Å². The van der Waals surface area contributed by atoms with E-state index in [1.54, 1.807) is 0 Å². The third kappa shape index (κ3) is 2.49. The Labute approximate surface area is 131 Å². The van der Waals surface area contributed by atoms with Crippen LogP contribution < -0.4 is 5.73 Å². The van der Waals surface area contributed by atoms with Crippen molar-refractivity contribution < 1.29 is 0 Å². The second-order valence-corrected chi connectivity index (χ2v) is 7.72. The van der Waals surface area contributed by atoms with E-state index < -0.39 is 0 Å². The lowest BCUT2D eigenvalue weighted by Crippen LogP contribution is -2.53. The molecule has 110 valence electrons. The molecule has 2 fully saturated rings. The number of hydrogen-bond acceptors (Lipinski definition) is 1. The molecule has 0 unspecified atom stereocenters. The van der Waals surface area contributed by atoms with Crippen LogP contribution in [-0.2, 0) is 5.41 Å². The molecular weight excluding hydrogens is 289 g/mol. The fraction of sp³-hybridized carbons (Fsp3) is 0.647. The molecule has 0 bridgehead atoms. The number of rotatable bonds is 2. The second kappa shape index (κ2) is 5.51. The molecular formula is C17H23Cl2N. The van der Waals surface area contributed by atoms with E-state index in [0.717, 1.165) is 5.02 Å². The predicted molar refractivity (Wildman–Crippen MR) is 86.6 cm³/mol. The summed E-state index contributed by atoms with van der Waals surface area (Å²) in [6.07, 6.45) is 10.7. The molecule has 1 aromatic rings. The van der Waals surface area contributed by atoms with Gasteiger partial charge in [-0.05, 0) is 48.8 Å². The maximum Gasteiger partial charge on any atom is 0.0458 e. The van der Waals surface area contributed by atoms with Gasteiger partial charge in [0.25, 0.3) is 0 Å². The molecule has 0 aromatic heterocycles. The lowest BCUT2D eigenvalue weighted by Gasteiger charge is -2.57. The quantitative estimate of drug-likeness (QED) is 0.785. The molecule has 3 heteroatoms. The normalized spacial score (nSPS) is 24.1. The molecule has 1 nitrogen and oxygen atoms in total. The van der Waals surface area contributed by atoms with Gasteiger partial charge < -0.3 is 5.73 Å². The van der Waals surface area contributed by atoms with E-state index in [4.69, 9.17) is 28.9 Å². The summed E-state index contributed by atoms with van der Waals surface area (Å²) in [6, 6.07) is 5.88. The van der Waals surface area contributed by atoms with Crippen molar-refractivity contribution in [3.63, 3.8) is 0 Å². The summed E-state index contributed by atoms with van der Waals surface area (Å²) in [5.74, 6) is 0. The summed E-state index contributed by atoms with van der Waals surface area (Å²) in [4.78, 5) is 0. The lowest BCUT2D eigenvalue weighted by atomic mass is 9.48. The Bertz CT molecular complexity index is 482. The van der Waals surface area contributed by atoms with Crippen LogP contribution in [0.5, 0.6) is 0 Å². The summed E-state index contributed by atoms with van der Waals surface area (Å²) < 4.78 is 0. The fourth-order valence-corrected chi connectivity index (χ4v) is 5.19. The molecule has 0 heterocycles. The first-order valence-electron chi connectivity index (χ1n) is 7.75. The monoisotopic (exact) mass is 311 g/mol. The average molecular weight is 312 g/mol. The molecule has 1 aromatic carbocycles. The summed E-state index contributed by atoms with van der Waals surface area (Å²) in [5.41, 5.74) is 7.98. The minimum Gasteiger partial charge on any atom is -0.330 e. The smallest absolute Gasteiger partial charge is 0.0458 e. The average Bonchev–Trinajstić information content (AvgIpc) is 2.62. The third-order valence-corrected chi connectivity index (χ3v) is 6.03. The van der Waals surface area contributed by atoms with Crippen molar-refractivity contribution in [1.82, 2.24) is 0 Å². The topological polar surface area (TPSA) is 26.0 Å². The van der Waals surface area contributed by atoms with E-state index in [2.05, 4.69) is 6.07 Å². The zero-order chi connectivity index (χ0) is 14.2. The van der Waals surface area contributed by atoms with Gasteiger partial charge in [0.2, 0.25) is 0 Å². The SMILES string of the molecule is NCC1(c2ccc(Cl)cc2Cl)CC2(CCCCCC2)C1. The van der Waals surface area contributed by atoms with Crippen LogP contribution in [0.2, 0.25) is 10.0 Å². The van der Waals surface area contributed by atoms with Gasteiger partial charge in [0.05, 0.1) is 0 Å². The Kier molecular flexibility index (Phi) is 4.05. The highest BCUT2D eigenvalue weighted by molar-refractivity contribution is 6.35. The molecule has 0 atom stereocenters. The molecule has 2 N–H and O–H groups in total. The summed E-state index contributed by atoms with van der Waals surface area (Å²) in [5, 5.41) is 1.49. The third-order valence-electron chi connectivity index (χ3n) is 5.48. The van der Waals surface area contributed by atoms with Crippen LogP contribution in [0.4, 0.5) is 0 Å². The Morgan fingerprint density at radius 1 is 1.00 bits per heavy atom. The van der Waals surface area contributed by atoms with Crippen LogP contribution in [0.1, 0.15) is 56.9 Å². The zero-order valence-corrected chi connectivity index (χ0v) is 13.4. The van der Waals surface area contributed by atoms with Crippen LogP contribution in [0.3, 0.4) is 0 Å². The molecule has 2 aliphatic carbocycles. The van der Waals surface area contributed by atoms with Gasteiger partial charge in [0.15, 0.2) is 0 Å². The Balaban J connectivity index is 1.84. The predicted octanol–water partition coefficient (Wildman–Crippen LogP) is 5.32. The highest BCUT2D eigenvalue weighted by atomic mass is 35.5. The van der Waals surface area contributed by atoms with Crippen LogP contribution in [0, 0.1) is 5.41 Å². The first-order chi connectivity index (χ1) is 9.59. The van der Waals surface area contributed by atoms with Crippen molar-refractivity contribution in [3.05, 3.63) is 33.8 Å². The zero-order valence-electron chi connectivity index (χ0n) is 11.9. The van der Waals surface area contributed by atoms with Crippen molar-refractivity contribution in [2.75, 3.05) is 6.54 Å². The largest absolute Gasteiger partial charge is 0.330 e. The first-order valence-corrected chi connectivity index (χ1v) is 8.51. The minimum atomic E-state index is 0.0893. The van der Waals surface area contributed by atoms with E-state index in [9.17, 15) is 0 Å². The highest BCUT2D eigenvalue weighted by Gasteiger charge is 2.54. The molecule has 0 saturated heterocycles. The molecule has 20 heavy (non-hydrogen) atoms. The molecule has 2 aliphatic rings. The highest BCUT2D eigenvalue weighted by Crippen LogP contribution is 2.61. The van der Waals surface area contributed by atoms with Gasteiger partial charge in [0.1, 0.15) is 0 Å². The summed E-state index contributed by atoms with van der Waals surface area (Å²) >= 11 is 12.4. The Hall–Kier alpha value is -0.240. The molecule has 3 rings (SSSR count). The maximum atomic E-state index is 6.42. The van der Waals surface area contributed by atoms with Gasteiger partial charge in [0, 0.05) is 22.0 Å². The van der Waals surface area contributed by atoms with Crippen molar-refractivity contribution in [1.29, 1.82) is 0 Å². The summed E-state index contributed by atoms with van der Waals surface area (Å²) in [7, 11) is 0. The van der Waals surface area contributed by atoms with E-state index in [0.29, 0.717) is 17.0 Å². The Morgan fingerprint density at radius 2 is 1.65 bits per heavy atom. The molecule has 0 amide bonds. The molecule has 1 spiro atoms. The molecule has 2 saturated carbocycles. The van der Waals surface area contributed by atoms with Gasteiger partial charge in [-0.2, -0.15) is 0 Å². The fourth-order valence-electron chi connectivity index (χ4n) is 4.58. The van der Waals surface area contributed by atoms with Crippen molar-refractivity contribution in [3.8, 4) is 0 Å². The standard InChI is InChI=1S/C17H23Cl2N/c18-13-5-6-14(15(19)9-13)17(12-20)10-16(11-17)7-3-1-2-4-8-16/h5-6,9H,1-4,7-8,10-12,20H2. The van der Waals surface area contributed by atoms with E-state index in [1.165, 1.54) is 56.9 Å². The van der Waals surface area contributed by atoms with Crippen molar-refractivity contribution >= 4 is 23.2 Å². The van der Waals surface area contributed by atoms with Gasteiger partial charge in [-0.25, -0.2) is 0 Å². The van der Waals surface area contributed by atoms with Gasteiger partial charge in [-0.1, -0.05) is 55.0 Å². The number of benzene rings is 1.